The molecular weight excluding hydrogens is 366 g/mol. The van der Waals surface area contributed by atoms with Crippen molar-refractivity contribution in [1.82, 2.24) is 5.32 Å². The molecule has 0 aliphatic heterocycles. The summed E-state index contributed by atoms with van der Waals surface area (Å²) >= 11 is 0. The maximum Gasteiger partial charge on any atom is 0.326 e. The van der Waals surface area contributed by atoms with E-state index in [0.717, 1.165) is 0 Å². The third kappa shape index (κ3) is 4.95. The van der Waals surface area contributed by atoms with Crippen LogP contribution in [0.3, 0.4) is 0 Å². The van der Waals surface area contributed by atoms with Gasteiger partial charge in [-0.3, -0.25) is 14.4 Å². The Labute approximate surface area is 161 Å². The van der Waals surface area contributed by atoms with E-state index < -0.39 is 28.8 Å². The summed E-state index contributed by atoms with van der Waals surface area (Å²) in [6, 6.07) is 5.08. The number of benzene rings is 1. The van der Waals surface area contributed by atoms with Gasteiger partial charge in [0, 0.05) is 11.3 Å². The van der Waals surface area contributed by atoms with E-state index in [1.807, 2.05) is 0 Å². The Morgan fingerprint density at radius 3 is 2.39 bits per heavy atom. The zero-order chi connectivity index (χ0) is 20.7. The number of amides is 1. The van der Waals surface area contributed by atoms with Crippen LogP contribution in [0.5, 0.6) is 5.75 Å². The summed E-state index contributed by atoms with van der Waals surface area (Å²) in [6.45, 7) is 2.42. The fraction of sp³-hybridized carbons (Fsp3) is 0.368. The number of hydrogen-bond acceptors (Lipinski definition) is 7. The second-order valence-electron chi connectivity index (χ2n) is 6.15. The van der Waals surface area contributed by atoms with E-state index in [1.54, 1.807) is 19.1 Å². The van der Waals surface area contributed by atoms with E-state index in [-0.39, 0.29) is 23.6 Å². The summed E-state index contributed by atoms with van der Waals surface area (Å²) in [6.07, 6.45) is 1.57. The van der Waals surface area contributed by atoms with E-state index in [2.05, 4.69) is 10.6 Å². The van der Waals surface area contributed by atoms with Crippen LogP contribution in [0.2, 0.25) is 0 Å². The van der Waals surface area contributed by atoms with Crippen LogP contribution in [0.1, 0.15) is 36.5 Å². The molecule has 0 bridgehead atoms. The molecule has 9 heteroatoms. The molecule has 9 nitrogen and oxygen atoms in total. The lowest BCUT2D eigenvalue weighted by Gasteiger charge is -2.15. The molecular formula is C19H23N3O6. The van der Waals surface area contributed by atoms with Crippen LogP contribution < -0.4 is 32.0 Å². The van der Waals surface area contributed by atoms with E-state index >= 15 is 0 Å². The molecule has 5 N–H and O–H groups in total. The van der Waals surface area contributed by atoms with Gasteiger partial charge in [0.05, 0.1) is 6.61 Å². The molecule has 0 saturated heterocycles. The lowest BCUT2D eigenvalue weighted by atomic mass is 10.1. The molecule has 0 fully saturated rings. The number of carboxylic acids is 1. The maximum atomic E-state index is 12.3. The maximum absolute atomic E-state index is 12.3. The van der Waals surface area contributed by atoms with Crippen LogP contribution >= 0.6 is 0 Å². The van der Waals surface area contributed by atoms with Crippen molar-refractivity contribution in [3.8, 4) is 5.75 Å². The zero-order valence-electron chi connectivity index (χ0n) is 15.5. The fourth-order valence-corrected chi connectivity index (χ4v) is 2.61. The predicted octanol–water partition coefficient (Wildman–Crippen LogP) is 0.737. The molecule has 150 valence electrons. The van der Waals surface area contributed by atoms with Gasteiger partial charge in [-0.15, -0.1) is 0 Å². The molecule has 0 spiro atoms. The van der Waals surface area contributed by atoms with Gasteiger partial charge in [0.25, 0.3) is 16.8 Å². The number of nitrogens with one attached hydrogen (secondary N) is 2. The van der Waals surface area contributed by atoms with Gasteiger partial charge in [0.15, 0.2) is 5.75 Å². The van der Waals surface area contributed by atoms with Crippen LogP contribution in [0.4, 0.5) is 11.4 Å². The van der Waals surface area contributed by atoms with Crippen molar-refractivity contribution in [2.24, 2.45) is 5.73 Å². The first-order chi connectivity index (χ1) is 13.4. The average molecular weight is 389 g/mol. The van der Waals surface area contributed by atoms with Gasteiger partial charge in [-0.05, 0) is 57.0 Å². The van der Waals surface area contributed by atoms with Crippen LogP contribution in [-0.2, 0) is 4.79 Å². The molecule has 0 aliphatic carbocycles. The van der Waals surface area contributed by atoms with Crippen LogP contribution in [-0.4, -0.2) is 36.2 Å². The van der Waals surface area contributed by atoms with Crippen LogP contribution in [0, 0.1) is 0 Å². The fourth-order valence-electron chi connectivity index (χ4n) is 2.61. The lowest BCUT2D eigenvalue weighted by Crippen LogP contribution is -2.40. The van der Waals surface area contributed by atoms with E-state index in [9.17, 15) is 24.3 Å². The molecule has 0 aliphatic rings. The van der Waals surface area contributed by atoms with Gasteiger partial charge in [-0.2, -0.15) is 0 Å². The Balaban J connectivity index is 2.02. The second-order valence-corrected chi connectivity index (χ2v) is 6.15. The molecule has 0 saturated carbocycles. The number of carbonyl (C=O) groups excluding carboxylic acids is 1. The molecule has 0 radical (unpaired) electrons. The van der Waals surface area contributed by atoms with Gasteiger partial charge < -0.3 is 26.2 Å². The third-order valence-electron chi connectivity index (χ3n) is 4.12. The quantitative estimate of drug-likeness (QED) is 0.325. The van der Waals surface area contributed by atoms with Gasteiger partial charge >= 0.3 is 5.97 Å². The number of nitrogens with two attached hydrogens (primary N) is 1. The Morgan fingerprint density at radius 2 is 1.82 bits per heavy atom. The van der Waals surface area contributed by atoms with Crippen molar-refractivity contribution in [2.45, 2.75) is 32.2 Å². The van der Waals surface area contributed by atoms with Gasteiger partial charge in [0.2, 0.25) is 0 Å². The Kier molecular flexibility index (Phi) is 7.28. The molecule has 2 aromatic carbocycles. The number of carbonyl (C=O) groups is 2. The molecule has 0 unspecified atom stereocenters. The first-order valence-electron chi connectivity index (χ1n) is 8.96. The van der Waals surface area contributed by atoms with Gasteiger partial charge in [0.1, 0.15) is 11.7 Å². The predicted molar refractivity (Wildman–Crippen MR) is 104 cm³/mol. The van der Waals surface area contributed by atoms with E-state index in [0.29, 0.717) is 31.5 Å². The molecule has 0 heterocycles. The second kappa shape index (κ2) is 9.65. The number of anilines is 2. The molecule has 0 aromatic heterocycles. The van der Waals surface area contributed by atoms with Gasteiger partial charge in [-0.1, -0.05) is 0 Å². The summed E-state index contributed by atoms with van der Waals surface area (Å²) in [7, 11) is 0. The Morgan fingerprint density at radius 1 is 1.14 bits per heavy atom. The summed E-state index contributed by atoms with van der Waals surface area (Å²) < 4.78 is 5.13. The SMILES string of the molecule is CCOc1c(Nc2ccc(C(=O)N[C@@H](CCCCN)C(=O)O)cc2)c(=O)c1=O. The number of ether oxygens (including phenoxy) is 1. The molecule has 28 heavy (non-hydrogen) atoms. The minimum absolute atomic E-state index is 0.00361. The summed E-state index contributed by atoms with van der Waals surface area (Å²) in [5.41, 5.74) is 4.90. The third-order valence-corrected chi connectivity index (χ3v) is 4.12. The molecule has 2 rings (SSSR count). The highest BCUT2D eigenvalue weighted by Gasteiger charge is 2.23. The normalized spacial score (nSPS) is 11.8. The monoisotopic (exact) mass is 389 g/mol. The van der Waals surface area contributed by atoms with Crippen molar-refractivity contribution in [2.75, 3.05) is 18.5 Å². The zero-order valence-corrected chi connectivity index (χ0v) is 15.5. The summed E-state index contributed by atoms with van der Waals surface area (Å²) in [4.78, 5) is 46.7. The van der Waals surface area contributed by atoms with Crippen LogP contribution in [0.25, 0.3) is 0 Å². The molecule has 1 atom stereocenters. The number of unbranched alkanes of at least 4 members (excludes halogenated alkanes) is 1. The van der Waals surface area contributed by atoms with E-state index in [1.165, 1.54) is 12.1 Å². The standard InChI is InChI=1S/C19H23N3O6/c1-2-28-17-14(15(23)16(17)24)21-12-8-6-11(7-9-12)18(25)22-13(19(26)27)5-3-4-10-20/h6-9,13,21H,2-5,10,20H2,1H3,(H,22,25)(H,26,27)/t13-/m0/s1. The largest absolute Gasteiger partial charge is 0.488 e. The van der Waals surface area contributed by atoms with Crippen molar-refractivity contribution < 1.29 is 19.4 Å². The van der Waals surface area contributed by atoms with Gasteiger partial charge in [-0.25, -0.2) is 4.79 Å². The highest BCUT2D eigenvalue weighted by atomic mass is 16.5. The molecule has 1 amide bonds. The minimum Gasteiger partial charge on any atom is -0.488 e. The topological polar surface area (TPSA) is 148 Å². The summed E-state index contributed by atoms with van der Waals surface area (Å²) in [5.74, 6) is -1.63. The lowest BCUT2D eigenvalue weighted by molar-refractivity contribution is -0.139. The number of rotatable bonds is 11. The Bertz CT molecular complexity index is 899. The first kappa shape index (κ1) is 21.1. The smallest absolute Gasteiger partial charge is 0.326 e. The van der Waals surface area contributed by atoms with E-state index in [4.69, 9.17) is 10.5 Å². The average Bonchev–Trinajstić information content (AvgIpc) is 2.69. The Hall–Kier alpha value is -3.20. The van der Waals surface area contributed by atoms with Crippen LogP contribution in [0.15, 0.2) is 33.9 Å². The number of carboxylic acid groups (broad SMARTS) is 1. The highest BCUT2D eigenvalue weighted by Crippen LogP contribution is 2.22. The number of hydrogen-bond donors (Lipinski definition) is 4. The number of aliphatic carboxylic acids is 1. The molecule has 2 aromatic rings. The minimum atomic E-state index is -1.10. The van der Waals surface area contributed by atoms with Crippen molar-refractivity contribution in [3.63, 3.8) is 0 Å². The van der Waals surface area contributed by atoms with Crippen molar-refractivity contribution >= 4 is 23.3 Å². The first-order valence-corrected chi connectivity index (χ1v) is 8.96. The highest BCUT2D eigenvalue weighted by molar-refractivity contribution is 5.97. The summed E-state index contributed by atoms with van der Waals surface area (Å²) in [5, 5.41) is 14.5. The van der Waals surface area contributed by atoms with Crippen molar-refractivity contribution in [3.05, 3.63) is 50.3 Å². The van der Waals surface area contributed by atoms with Crippen molar-refractivity contribution in [1.29, 1.82) is 0 Å².